The van der Waals surface area contributed by atoms with Crippen LogP contribution in [0.25, 0.3) is 5.69 Å². The van der Waals surface area contributed by atoms with Gasteiger partial charge in [0.2, 0.25) is 0 Å². The molecule has 0 spiro atoms. The molecule has 0 aliphatic rings. The molecule has 2 aromatic carbocycles. The highest BCUT2D eigenvalue weighted by Gasteiger charge is 2.21. The molecule has 0 bridgehead atoms. The van der Waals surface area contributed by atoms with E-state index in [9.17, 15) is 4.79 Å². The van der Waals surface area contributed by atoms with Crippen LogP contribution in [0.5, 0.6) is 5.75 Å². The lowest BCUT2D eigenvalue weighted by atomic mass is 10.0. The van der Waals surface area contributed by atoms with Gasteiger partial charge in [-0.05, 0) is 54.7 Å². The average molecular weight is 453 g/mol. The highest BCUT2D eigenvalue weighted by atomic mass is 32.2. The van der Waals surface area contributed by atoms with E-state index in [1.165, 1.54) is 11.1 Å². The zero-order valence-electron chi connectivity index (χ0n) is 19.5. The second-order valence-electron chi connectivity index (χ2n) is 7.61. The maximum absolute atomic E-state index is 12.7. The molecule has 0 fully saturated rings. The van der Waals surface area contributed by atoms with Crippen molar-refractivity contribution in [1.29, 1.82) is 0 Å². The molecule has 0 saturated heterocycles. The first kappa shape index (κ1) is 23.9. The van der Waals surface area contributed by atoms with E-state index < -0.39 is 0 Å². The van der Waals surface area contributed by atoms with Crippen LogP contribution in [0.1, 0.15) is 61.4 Å². The molecule has 1 atom stereocenters. The van der Waals surface area contributed by atoms with Gasteiger partial charge in [0, 0.05) is 10.8 Å². The highest BCUT2D eigenvalue weighted by Crippen LogP contribution is 2.31. The molecule has 3 aromatic rings. The van der Waals surface area contributed by atoms with E-state index in [-0.39, 0.29) is 5.91 Å². The normalized spacial score (nSPS) is 11.9. The second kappa shape index (κ2) is 11.2. The molecule has 32 heavy (non-hydrogen) atoms. The number of hydrogen-bond acceptors (Lipinski definition) is 5. The van der Waals surface area contributed by atoms with Gasteiger partial charge < -0.3 is 10.1 Å². The molecule has 1 heterocycles. The zero-order valence-corrected chi connectivity index (χ0v) is 20.3. The highest BCUT2D eigenvalue weighted by molar-refractivity contribution is 7.99. The number of thioether (sulfide) groups is 1. The Labute approximate surface area is 194 Å². The number of nitrogens with zero attached hydrogens (tertiary/aromatic N) is 3. The van der Waals surface area contributed by atoms with Crippen LogP contribution in [0.15, 0.2) is 47.6 Å². The third-order valence-corrected chi connectivity index (χ3v) is 6.74. The van der Waals surface area contributed by atoms with E-state index in [0.29, 0.717) is 17.4 Å². The van der Waals surface area contributed by atoms with Crippen molar-refractivity contribution in [2.75, 3.05) is 7.11 Å². The number of ether oxygens (including phenoxy) is 1. The number of methoxy groups -OCH3 is 1. The fourth-order valence-corrected chi connectivity index (χ4v) is 4.40. The average Bonchev–Trinajstić information content (AvgIpc) is 3.23. The van der Waals surface area contributed by atoms with Gasteiger partial charge in [-0.2, -0.15) is 0 Å². The van der Waals surface area contributed by atoms with E-state index in [1.807, 2.05) is 0 Å². The van der Waals surface area contributed by atoms with Crippen molar-refractivity contribution in [2.24, 2.45) is 0 Å². The van der Waals surface area contributed by atoms with Gasteiger partial charge in [0.25, 0.3) is 5.91 Å². The molecular formula is C25H32N4O2S. The number of carbonyl (C=O) groups is 1. The third-order valence-electron chi connectivity index (χ3n) is 5.53. The number of aryl methyl sites for hydroxylation is 2. The Bertz CT molecular complexity index is 1020. The minimum absolute atomic E-state index is 0.155. The van der Waals surface area contributed by atoms with Crippen LogP contribution < -0.4 is 10.1 Å². The molecule has 1 unspecified atom stereocenters. The summed E-state index contributed by atoms with van der Waals surface area (Å²) in [5.74, 6) is 1.29. The van der Waals surface area contributed by atoms with Crippen molar-refractivity contribution in [3.05, 3.63) is 65.0 Å². The summed E-state index contributed by atoms with van der Waals surface area (Å²) in [6, 6.07) is 13.5. The van der Waals surface area contributed by atoms with E-state index in [1.54, 1.807) is 43.1 Å². The van der Waals surface area contributed by atoms with Gasteiger partial charge in [0.05, 0.1) is 19.3 Å². The largest absolute Gasteiger partial charge is 0.497 e. The molecule has 0 aliphatic heterocycles. The fraction of sp³-hybridized carbons (Fsp3) is 0.400. The van der Waals surface area contributed by atoms with Crippen LogP contribution >= 0.6 is 11.8 Å². The van der Waals surface area contributed by atoms with Crippen molar-refractivity contribution >= 4 is 17.7 Å². The SMILES string of the molecule is CCc1cccc(CC)c1-n1c(CNC(=O)c2ccc(OC)cc2)nnc1SC(C)CC. The second-order valence-corrected chi connectivity index (χ2v) is 9.02. The minimum atomic E-state index is -0.155. The number of aromatic nitrogens is 3. The van der Waals surface area contributed by atoms with Gasteiger partial charge >= 0.3 is 0 Å². The van der Waals surface area contributed by atoms with Gasteiger partial charge in [0.1, 0.15) is 5.75 Å². The summed E-state index contributed by atoms with van der Waals surface area (Å²) >= 11 is 1.72. The van der Waals surface area contributed by atoms with Crippen molar-refractivity contribution in [2.45, 2.75) is 63.9 Å². The maximum Gasteiger partial charge on any atom is 0.251 e. The predicted octanol–water partition coefficient (Wildman–Crippen LogP) is 5.22. The molecule has 0 radical (unpaired) electrons. The van der Waals surface area contributed by atoms with Gasteiger partial charge in [-0.15, -0.1) is 10.2 Å². The Hall–Kier alpha value is -2.80. The summed E-state index contributed by atoms with van der Waals surface area (Å²) in [6.07, 6.45) is 2.86. The molecule has 6 nitrogen and oxygen atoms in total. The Balaban J connectivity index is 1.95. The molecule has 0 saturated carbocycles. The van der Waals surface area contributed by atoms with Crippen LogP contribution in [0.3, 0.4) is 0 Å². The maximum atomic E-state index is 12.7. The number of nitrogens with one attached hydrogen (secondary N) is 1. The first-order valence-electron chi connectivity index (χ1n) is 11.2. The van der Waals surface area contributed by atoms with E-state index >= 15 is 0 Å². The molecule has 1 aromatic heterocycles. The van der Waals surface area contributed by atoms with Crippen LogP contribution in [0.2, 0.25) is 0 Å². The number of hydrogen-bond donors (Lipinski definition) is 1. The Morgan fingerprint density at radius 3 is 2.28 bits per heavy atom. The van der Waals surface area contributed by atoms with Crippen molar-refractivity contribution in [3.8, 4) is 11.4 Å². The molecule has 3 rings (SSSR count). The number of carbonyl (C=O) groups excluding carboxylic acids is 1. The number of benzene rings is 2. The van der Waals surface area contributed by atoms with Crippen molar-refractivity contribution in [3.63, 3.8) is 0 Å². The van der Waals surface area contributed by atoms with Crippen molar-refractivity contribution < 1.29 is 9.53 Å². The fourth-order valence-electron chi connectivity index (χ4n) is 3.49. The molecule has 1 amide bonds. The third kappa shape index (κ3) is 5.33. The predicted molar refractivity (Wildman–Crippen MR) is 130 cm³/mol. The summed E-state index contributed by atoms with van der Waals surface area (Å²) in [6.45, 7) is 8.98. The number of para-hydroxylation sites is 1. The standard InChI is InChI=1S/C25H32N4O2S/c1-6-17(4)32-25-28-27-22(16-26-24(30)20-12-14-21(31-5)15-13-20)29(25)23-18(7-2)10-9-11-19(23)8-3/h9-15,17H,6-8,16H2,1-5H3,(H,26,30). The summed E-state index contributed by atoms with van der Waals surface area (Å²) in [5.41, 5.74) is 4.21. The first-order valence-corrected chi connectivity index (χ1v) is 12.0. The summed E-state index contributed by atoms with van der Waals surface area (Å²) in [4.78, 5) is 12.7. The van der Waals surface area contributed by atoms with Crippen LogP contribution in [0, 0.1) is 0 Å². The molecule has 1 N–H and O–H groups in total. The lowest BCUT2D eigenvalue weighted by Gasteiger charge is -2.19. The van der Waals surface area contributed by atoms with E-state index in [4.69, 9.17) is 4.74 Å². The van der Waals surface area contributed by atoms with Crippen LogP contribution in [0.4, 0.5) is 0 Å². The van der Waals surface area contributed by atoms with Crippen LogP contribution in [-0.2, 0) is 19.4 Å². The monoisotopic (exact) mass is 452 g/mol. The lowest BCUT2D eigenvalue weighted by Crippen LogP contribution is -2.25. The molecule has 170 valence electrons. The minimum Gasteiger partial charge on any atom is -0.497 e. The van der Waals surface area contributed by atoms with E-state index in [2.05, 4.69) is 66.0 Å². The van der Waals surface area contributed by atoms with Gasteiger partial charge in [-0.1, -0.05) is 57.7 Å². The zero-order chi connectivity index (χ0) is 23.1. The molecular weight excluding hydrogens is 420 g/mol. The quantitative estimate of drug-likeness (QED) is 0.427. The topological polar surface area (TPSA) is 69.0 Å². The molecule has 0 aliphatic carbocycles. The Morgan fingerprint density at radius 2 is 1.72 bits per heavy atom. The summed E-state index contributed by atoms with van der Waals surface area (Å²) < 4.78 is 7.32. The van der Waals surface area contributed by atoms with Gasteiger partial charge in [-0.3, -0.25) is 9.36 Å². The smallest absolute Gasteiger partial charge is 0.251 e. The summed E-state index contributed by atoms with van der Waals surface area (Å²) in [7, 11) is 1.61. The Kier molecular flexibility index (Phi) is 8.33. The lowest BCUT2D eigenvalue weighted by molar-refractivity contribution is 0.0949. The Morgan fingerprint density at radius 1 is 1.06 bits per heavy atom. The van der Waals surface area contributed by atoms with E-state index in [0.717, 1.165) is 41.7 Å². The first-order chi connectivity index (χ1) is 15.5. The number of amides is 1. The summed E-state index contributed by atoms with van der Waals surface area (Å²) in [5, 5.41) is 13.3. The van der Waals surface area contributed by atoms with Crippen molar-refractivity contribution in [1.82, 2.24) is 20.1 Å². The van der Waals surface area contributed by atoms with Gasteiger partial charge in [-0.25, -0.2) is 0 Å². The molecule has 7 heteroatoms. The van der Waals surface area contributed by atoms with Gasteiger partial charge in [0.15, 0.2) is 11.0 Å². The number of rotatable bonds is 10. The van der Waals surface area contributed by atoms with Crippen LogP contribution in [-0.4, -0.2) is 33.0 Å².